The van der Waals surface area contributed by atoms with Crippen molar-refractivity contribution >= 4 is 17.7 Å². The van der Waals surface area contributed by atoms with Crippen molar-refractivity contribution in [3.8, 4) is 11.3 Å². The second-order valence-corrected chi connectivity index (χ2v) is 5.01. The summed E-state index contributed by atoms with van der Waals surface area (Å²) in [5.41, 5.74) is 4.28. The Bertz CT molecular complexity index is 748. The molecule has 0 amide bonds. The molecule has 0 saturated heterocycles. The number of rotatable bonds is 2. The van der Waals surface area contributed by atoms with E-state index in [0.29, 0.717) is 10.7 Å². The highest BCUT2D eigenvalue weighted by molar-refractivity contribution is 7.71. The van der Waals surface area contributed by atoms with Gasteiger partial charge in [0.15, 0.2) is 4.77 Å². The fourth-order valence-electron chi connectivity index (χ4n) is 2.16. The van der Waals surface area contributed by atoms with Gasteiger partial charge < -0.3 is 9.97 Å². The van der Waals surface area contributed by atoms with Gasteiger partial charge in [-0.3, -0.25) is 0 Å². The molecule has 0 aliphatic heterocycles. The van der Waals surface area contributed by atoms with Gasteiger partial charge in [-0.25, -0.2) is 4.52 Å². The number of aromatic nitrogens is 4. The smallest absolute Gasteiger partial charge is 0.174 e. The van der Waals surface area contributed by atoms with Gasteiger partial charge >= 0.3 is 0 Å². The number of fused-ring (bicyclic) bond motifs is 1. The number of hydrogen-bond acceptors (Lipinski definition) is 2. The molecular formula is C13H14N4S. The van der Waals surface area contributed by atoms with Crippen LogP contribution in [0.15, 0.2) is 30.6 Å². The number of pyridine rings is 1. The van der Waals surface area contributed by atoms with Crippen LogP contribution >= 0.6 is 12.2 Å². The van der Waals surface area contributed by atoms with Gasteiger partial charge in [0.1, 0.15) is 0 Å². The summed E-state index contributed by atoms with van der Waals surface area (Å²) in [6, 6.07) is 6.07. The van der Waals surface area contributed by atoms with Gasteiger partial charge in [-0.1, -0.05) is 19.9 Å². The van der Waals surface area contributed by atoms with Crippen molar-refractivity contribution in [2.24, 2.45) is 0 Å². The molecule has 92 valence electrons. The number of H-pyrrole nitrogens is 2. The van der Waals surface area contributed by atoms with E-state index in [1.54, 1.807) is 0 Å². The van der Waals surface area contributed by atoms with Gasteiger partial charge in [0, 0.05) is 18.0 Å². The Balaban J connectivity index is 2.37. The van der Waals surface area contributed by atoms with Crippen molar-refractivity contribution in [2.45, 2.75) is 19.8 Å². The van der Waals surface area contributed by atoms with Crippen LogP contribution in [0.4, 0.5) is 0 Å². The van der Waals surface area contributed by atoms with Gasteiger partial charge in [0.05, 0.1) is 16.9 Å². The van der Waals surface area contributed by atoms with E-state index < -0.39 is 0 Å². The molecule has 3 aromatic rings. The molecule has 3 heterocycles. The van der Waals surface area contributed by atoms with Crippen LogP contribution in [0.1, 0.15) is 25.5 Å². The fourth-order valence-corrected chi connectivity index (χ4v) is 2.33. The molecule has 0 saturated carbocycles. The first-order valence-electron chi connectivity index (χ1n) is 5.92. The molecule has 0 aliphatic carbocycles. The zero-order chi connectivity index (χ0) is 12.7. The van der Waals surface area contributed by atoms with Crippen LogP contribution in [-0.2, 0) is 0 Å². The number of nitrogens with one attached hydrogen (secondary N) is 2. The van der Waals surface area contributed by atoms with Gasteiger partial charge in [-0.15, -0.1) is 0 Å². The van der Waals surface area contributed by atoms with Crippen LogP contribution < -0.4 is 0 Å². The molecule has 18 heavy (non-hydrogen) atoms. The third-order valence-electron chi connectivity index (χ3n) is 2.98. The molecule has 3 rings (SSSR count). The third kappa shape index (κ3) is 1.67. The van der Waals surface area contributed by atoms with E-state index in [4.69, 9.17) is 12.2 Å². The number of imidazole rings is 1. The molecule has 0 aromatic carbocycles. The Kier molecular flexibility index (Phi) is 2.56. The first-order valence-corrected chi connectivity index (χ1v) is 6.33. The molecule has 0 fully saturated rings. The van der Waals surface area contributed by atoms with E-state index in [0.717, 1.165) is 22.5 Å². The van der Waals surface area contributed by atoms with Crippen molar-refractivity contribution in [1.29, 1.82) is 0 Å². The maximum atomic E-state index is 5.10. The Morgan fingerprint density at radius 3 is 2.83 bits per heavy atom. The summed E-state index contributed by atoms with van der Waals surface area (Å²) in [7, 11) is 0. The molecule has 4 nitrogen and oxygen atoms in total. The quantitative estimate of drug-likeness (QED) is 0.691. The molecule has 0 aliphatic rings. The highest BCUT2D eigenvalue weighted by Crippen LogP contribution is 2.31. The maximum absolute atomic E-state index is 5.10. The van der Waals surface area contributed by atoms with Crippen LogP contribution in [0, 0.1) is 4.77 Å². The van der Waals surface area contributed by atoms with Crippen molar-refractivity contribution < 1.29 is 0 Å². The van der Waals surface area contributed by atoms with Gasteiger partial charge in [0.25, 0.3) is 0 Å². The summed E-state index contributed by atoms with van der Waals surface area (Å²) < 4.78 is 2.55. The summed E-state index contributed by atoms with van der Waals surface area (Å²) >= 11 is 5.10. The Hall–Kier alpha value is -1.88. The SMILES string of the molecule is CC(C)c1nn2ccccc2c1-c1c[nH]c(=S)[nH]1. The molecule has 5 heteroatoms. The average Bonchev–Trinajstić information content (AvgIpc) is 2.92. The fraction of sp³-hybridized carbons (Fsp3) is 0.231. The lowest BCUT2D eigenvalue weighted by Crippen LogP contribution is -1.91. The van der Waals surface area contributed by atoms with Gasteiger partial charge in [-0.05, 0) is 30.3 Å². The third-order valence-corrected chi connectivity index (χ3v) is 3.20. The average molecular weight is 258 g/mol. The molecule has 0 bridgehead atoms. The molecular weight excluding hydrogens is 244 g/mol. The summed E-state index contributed by atoms with van der Waals surface area (Å²) in [6.45, 7) is 4.29. The maximum Gasteiger partial charge on any atom is 0.174 e. The second kappa shape index (κ2) is 4.10. The monoisotopic (exact) mass is 258 g/mol. The topological polar surface area (TPSA) is 48.9 Å². The molecule has 0 radical (unpaired) electrons. The molecule has 0 spiro atoms. The lowest BCUT2D eigenvalue weighted by molar-refractivity contribution is 0.789. The predicted molar refractivity (Wildman–Crippen MR) is 74.3 cm³/mol. The standard InChI is InChI=1S/C13H14N4S/c1-8(2)12-11(9-7-14-13(18)15-9)10-5-3-4-6-17(10)16-12/h3-8H,1-2H3,(H2,14,15,18). The van der Waals surface area contributed by atoms with Crippen molar-refractivity contribution in [3.63, 3.8) is 0 Å². The van der Waals surface area contributed by atoms with E-state index in [-0.39, 0.29) is 0 Å². The minimum Gasteiger partial charge on any atom is -0.337 e. The van der Waals surface area contributed by atoms with E-state index >= 15 is 0 Å². The summed E-state index contributed by atoms with van der Waals surface area (Å²) in [5.74, 6) is 0.358. The number of hydrogen-bond donors (Lipinski definition) is 2. The minimum absolute atomic E-state index is 0.358. The van der Waals surface area contributed by atoms with E-state index in [1.807, 2.05) is 29.0 Å². The Morgan fingerprint density at radius 1 is 1.33 bits per heavy atom. The van der Waals surface area contributed by atoms with E-state index in [1.165, 1.54) is 0 Å². The molecule has 0 atom stereocenters. The van der Waals surface area contributed by atoms with E-state index in [9.17, 15) is 0 Å². The summed E-state index contributed by atoms with van der Waals surface area (Å²) in [6.07, 6.45) is 3.87. The summed E-state index contributed by atoms with van der Waals surface area (Å²) in [5, 5.41) is 4.65. The van der Waals surface area contributed by atoms with Gasteiger partial charge in [0.2, 0.25) is 0 Å². The van der Waals surface area contributed by atoms with Crippen LogP contribution in [0.3, 0.4) is 0 Å². The van der Waals surface area contributed by atoms with Crippen LogP contribution in [0.5, 0.6) is 0 Å². The van der Waals surface area contributed by atoms with Crippen molar-refractivity contribution in [1.82, 2.24) is 19.6 Å². The zero-order valence-electron chi connectivity index (χ0n) is 10.3. The first-order chi connectivity index (χ1) is 8.66. The Morgan fingerprint density at radius 2 is 2.17 bits per heavy atom. The largest absolute Gasteiger partial charge is 0.337 e. The minimum atomic E-state index is 0.358. The van der Waals surface area contributed by atoms with Crippen LogP contribution in [-0.4, -0.2) is 19.6 Å². The lowest BCUT2D eigenvalue weighted by atomic mass is 10.0. The Labute approximate surface area is 110 Å². The van der Waals surface area contributed by atoms with Crippen LogP contribution in [0.2, 0.25) is 0 Å². The number of aromatic amines is 2. The summed E-state index contributed by atoms with van der Waals surface area (Å²) in [4.78, 5) is 6.18. The van der Waals surface area contributed by atoms with Crippen molar-refractivity contribution in [3.05, 3.63) is 41.1 Å². The molecule has 0 unspecified atom stereocenters. The van der Waals surface area contributed by atoms with E-state index in [2.05, 4.69) is 35.0 Å². The van der Waals surface area contributed by atoms with Gasteiger partial charge in [-0.2, -0.15) is 5.10 Å². The lowest BCUT2D eigenvalue weighted by Gasteiger charge is -2.03. The normalized spacial score (nSPS) is 11.5. The highest BCUT2D eigenvalue weighted by Gasteiger charge is 2.17. The highest BCUT2D eigenvalue weighted by atomic mass is 32.1. The molecule has 2 N–H and O–H groups in total. The van der Waals surface area contributed by atoms with Crippen LogP contribution in [0.25, 0.3) is 16.8 Å². The molecule has 3 aromatic heterocycles. The zero-order valence-corrected chi connectivity index (χ0v) is 11.1. The predicted octanol–water partition coefficient (Wildman–Crippen LogP) is 3.51. The van der Waals surface area contributed by atoms with Crippen molar-refractivity contribution in [2.75, 3.05) is 0 Å². The second-order valence-electron chi connectivity index (χ2n) is 4.60. The number of nitrogens with zero attached hydrogens (tertiary/aromatic N) is 2. The first kappa shape index (κ1) is 11.2.